The van der Waals surface area contributed by atoms with E-state index in [1.54, 1.807) is 24.8 Å². The van der Waals surface area contributed by atoms with Crippen LogP contribution in [0.3, 0.4) is 0 Å². The third kappa shape index (κ3) is 19.2. The van der Waals surface area contributed by atoms with Gasteiger partial charge in [-0.15, -0.1) is 0 Å². The molecular formula is C91H82BBr3F3N19O2. The third-order valence-corrected chi connectivity index (χ3v) is 21.3. The van der Waals surface area contributed by atoms with Crippen molar-refractivity contribution in [2.45, 2.75) is 92.4 Å². The molecule has 0 amide bonds. The highest BCUT2D eigenvalue weighted by atomic mass is 79.9. The Morgan fingerprint density at radius 3 is 1.22 bits per heavy atom. The second-order valence-corrected chi connectivity index (χ2v) is 31.2. The van der Waals surface area contributed by atoms with Crippen molar-refractivity contribution >= 4 is 141 Å². The fourth-order valence-electron chi connectivity index (χ4n) is 14.2. The van der Waals surface area contributed by atoms with Gasteiger partial charge in [0.2, 0.25) is 0 Å². The van der Waals surface area contributed by atoms with Crippen molar-refractivity contribution < 1.29 is 23.2 Å². The normalized spacial score (nSPS) is 12.2. The van der Waals surface area contributed by atoms with E-state index < -0.39 is 18.8 Å². The SMILES string of the molecule is C=C(C)c1cnc2c(Br)nc(Br)cn12.C=C(C)c1cnc2c(NCc3cccc4c3C=CC4)nc(-c3cncc(F)c3)cn12.C=C(C)c1cnc2c(NCc3cccc4c3C=CC4)nc(Br)cn12.CC(C)c1cnc2c(NCc3cccc4c3C=CC4)nc(-c3cncc(F)c3)cn12.NCc1cccc2c1C=CC2.OB(O)c1cncc(F)c1. The number of halogens is 6. The molecule has 0 radical (unpaired) electrons. The molecule has 4 aliphatic carbocycles. The Balaban J connectivity index is 0.000000123. The summed E-state index contributed by atoms with van der Waals surface area (Å²) in [6, 6.07) is 29.4. The fourth-order valence-corrected chi connectivity index (χ4v) is 15.7. The van der Waals surface area contributed by atoms with Gasteiger partial charge in [-0.2, -0.15) is 0 Å². The number of hydrogen-bond acceptors (Lipinski definition) is 17. The highest BCUT2D eigenvalue weighted by molar-refractivity contribution is 9.11. The smallest absolute Gasteiger partial charge is 0.423 e. The highest BCUT2D eigenvalue weighted by Gasteiger charge is 2.21. The van der Waals surface area contributed by atoms with Gasteiger partial charge in [0.1, 0.15) is 26.7 Å². The molecule has 0 bridgehead atoms. The van der Waals surface area contributed by atoms with Crippen LogP contribution in [0.2, 0.25) is 0 Å². The zero-order valence-electron chi connectivity index (χ0n) is 65.7. The van der Waals surface area contributed by atoms with Gasteiger partial charge in [0.05, 0.1) is 65.7 Å². The predicted octanol–water partition coefficient (Wildman–Crippen LogP) is 19.0. The molecule has 0 fully saturated rings. The van der Waals surface area contributed by atoms with Crippen molar-refractivity contribution in [2.24, 2.45) is 5.73 Å². The quantitative estimate of drug-likeness (QED) is 0.0463. The van der Waals surface area contributed by atoms with Crippen molar-refractivity contribution in [3.05, 3.63) is 343 Å². The van der Waals surface area contributed by atoms with Crippen molar-refractivity contribution in [3.63, 3.8) is 0 Å². The van der Waals surface area contributed by atoms with E-state index in [9.17, 15) is 13.2 Å². The molecule has 15 aromatic rings. The van der Waals surface area contributed by atoms with Gasteiger partial charge in [0.25, 0.3) is 0 Å². The van der Waals surface area contributed by atoms with E-state index in [0.717, 1.165) is 114 Å². The van der Waals surface area contributed by atoms with Gasteiger partial charge in [-0.1, -0.05) is 155 Å². The van der Waals surface area contributed by atoms with Crippen molar-refractivity contribution in [2.75, 3.05) is 16.0 Å². The molecule has 19 rings (SSSR count). The molecule has 7 N–H and O–H groups in total. The van der Waals surface area contributed by atoms with E-state index in [0.29, 0.717) is 66.0 Å². The standard InChI is InChI=1S/C24H22FN5.C24H20FN5.C19H17BrN4.C10H11N.C9H7Br2N3.C5H5BFNO2/c2*1-15(2)22-13-28-24-23(27-11-17-7-3-5-16-6-4-8-20(16)17)29-21(14-30(22)24)18-9-19(25)12-26-10-18;1-12(2)16-10-22-19-18(23-17(20)11-24(16)19)21-9-14-7-3-5-13-6-4-8-15(13)14;11-7-9-5-1-3-8-4-2-6-10(8)9;1-5(2)6-3-12-9-8(11)13-7(10)4-14(6)9;7-5-1-4(6(9)10)2-8-3-5/h3-5,7-10,12-15H,6,11H2,1-2H3,(H,27,29);3-5,7-10,12-14H,1,6,11H2,2H3,(H,27,29);3-5,7-8,10-11H,1,6,9H2,2H3,(H,21,23);1-3,5-6H,4,7,11H2;3-4H,1H2,2H3;1-3,9-10H. The molecule has 0 atom stereocenters. The lowest BCUT2D eigenvalue weighted by molar-refractivity contribution is 0.425. The number of pyridine rings is 3. The topological polar surface area (TPSA) is 262 Å². The Labute approximate surface area is 711 Å². The van der Waals surface area contributed by atoms with Crippen LogP contribution >= 0.6 is 47.8 Å². The first-order valence-electron chi connectivity index (χ1n) is 38.2. The van der Waals surface area contributed by atoms with Crippen LogP contribution in [-0.2, 0) is 51.9 Å². The molecule has 21 nitrogen and oxygen atoms in total. The Morgan fingerprint density at radius 1 is 0.454 bits per heavy atom. The summed E-state index contributed by atoms with van der Waals surface area (Å²) in [6.45, 7) is 24.7. The number of fused-ring (bicyclic) bond motifs is 8. The van der Waals surface area contributed by atoms with Gasteiger partial charge in [-0.05, 0) is 202 Å². The number of benzene rings is 4. The summed E-state index contributed by atoms with van der Waals surface area (Å²) in [5, 5.41) is 27.3. The van der Waals surface area contributed by atoms with E-state index in [1.807, 2.05) is 75.6 Å². The third-order valence-electron chi connectivity index (χ3n) is 20.0. The molecule has 598 valence electrons. The second-order valence-electron chi connectivity index (χ2n) is 28.8. The minimum Gasteiger partial charge on any atom is -0.423 e. The molecule has 0 saturated heterocycles. The number of nitrogens with one attached hydrogen (secondary N) is 3. The molecule has 0 saturated carbocycles. The van der Waals surface area contributed by atoms with Gasteiger partial charge in [-0.25, -0.2) is 53.0 Å². The Kier molecular flexibility index (Phi) is 26.1. The average Bonchev–Trinajstić information content (AvgIpc) is 1.65. The van der Waals surface area contributed by atoms with Crippen LogP contribution in [0.15, 0.2) is 236 Å². The Morgan fingerprint density at radius 2 is 0.815 bits per heavy atom. The summed E-state index contributed by atoms with van der Waals surface area (Å²) in [5.41, 5.74) is 33.6. The number of hydrogen-bond donors (Lipinski definition) is 6. The maximum atomic E-state index is 13.8. The van der Waals surface area contributed by atoms with Crippen LogP contribution in [0.1, 0.15) is 130 Å². The maximum Gasteiger partial charge on any atom is 0.490 e. The minimum absolute atomic E-state index is 0.0556. The summed E-state index contributed by atoms with van der Waals surface area (Å²) < 4.78 is 50.0. The van der Waals surface area contributed by atoms with Gasteiger partial charge >= 0.3 is 7.12 Å². The number of anilines is 3. The number of imidazole rings is 4. The predicted molar refractivity (Wildman–Crippen MR) is 480 cm³/mol. The first-order chi connectivity index (χ1) is 57.5. The first-order valence-corrected chi connectivity index (χ1v) is 40.6. The van der Waals surface area contributed by atoms with Gasteiger partial charge < -0.3 is 31.7 Å². The van der Waals surface area contributed by atoms with Gasteiger partial charge in [0.15, 0.2) is 44.6 Å². The minimum atomic E-state index is -1.65. The van der Waals surface area contributed by atoms with E-state index in [4.69, 9.17) is 25.7 Å². The monoisotopic (exact) mass is 1780 g/mol. The number of aromatic nitrogens is 15. The zero-order chi connectivity index (χ0) is 83.5. The van der Waals surface area contributed by atoms with Gasteiger partial charge in [0, 0.05) is 98.0 Å². The van der Waals surface area contributed by atoms with Crippen molar-refractivity contribution in [1.82, 2.24) is 72.4 Å². The molecule has 4 aromatic carbocycles. The number of nitrogens with two attached hydrogens (primary N) is 1. The highest BCUT2D eigenvalue weighted by Crippen LogP contribution is 2.34. The maximum absolute atomic E-state index is 13.8. The molecule has 28 heteroatoms. The summed E-state index contributed by atoms with van der Waals surface area (Å²) >= 11 is 10.2. The van der Waals surface area contributed by atoms with Crippen LogP contribution in [0.5, 0.6) is 0 Å². The molecule has 11 aromatic heterocycles. The molecule has 4 aliphatic rings. The van der Waals surface area contributed by atoms with E-state index in [1.165, 1.54) is 97.5 Å². The lowest BCUT2D eigenvalue weighted by Gasteiger charge is -2.13. The van der Waals surface area contributed by atoms with Crippen LogP contribution in [0, 0.1) is 17.5 Å². The number of rotatable bonds is 17. The van der Waals surface area contributed by atoms with E-state index in [-0.39, 0.29) is 17.2 Å². The van der Waals surface area contributed by atoms with Crippen molar-refractivity contribution in [1.29, 1.82) is 0 Å². The zero-order valence-corrected chi connectivity index (χ0v) is 70.5. The molecular weight excluding hydrogens is 1700 g/mol. The number of nitrogens with zero attached hydrogens (tertiary/aromatic N) is 15. The van der Waals surface area contributed by atoms with Gasteiger partial charge in [-0.3, -0.25) is 32.6 Å². The number of allylic oxidation sites excluding steroid dienone is 7. The molecule has 0 spiro atoms. The molecule has 0 unspecified atom stereocenters. The average molecular weight is 1780 g/mol. The lowest BCUT2D eigenvalue weighted by Crippen LogP contribution is -2.30. The fraction of sp³-hybridized carbons (Fsp3) is 0.154. The summed E-state index contributed by atoms with van der Waals surface area (Å²) in [7, 11) is -1.65. The molecule has 11 heterocycles. The molecule has 119 heavy (non-hydrogen) atoms. The van der Waals surface area contributed by atoms with Crippen LogP contribution in [-0.4, -0.2) is 89.6 Å². The summed E-state index contributed by atoms with van der Waals surface area (Å²) in [6.07, 6.45) is 44.1. The summed E-state index contributed by atoms with van der Waals surface area (Å²) in [4.78, 5) is 47.5. The van der Waals surface area contributed by atoms with E-state index in [2.05, 4.69) is 264 Å². The van der Waals surface area contributed by atoms with Crippen LogP contribution < -0.4 is 27.1 Å². The lowest BCUT2D eigenvalue weighted by atomic mass is 9.82. The van der Waals surface area contributed by atoms with Crippen LogP contribution in [0.25, 0.3) is 86.1 Å². The van der Waals surface area contributed by atoms with Crippen LogP contribution in [0.4, 0.5) is 30.6 Å². The van der Waals surface area contributed by atoms with E-state index >= 15 is 0 Å². The van der Waals surface area contributed by atoms with Crippen molar-refractivity contribution in [3.8, 4) is 22.5 Å². The Bertz CT molecular complexity index is 6510. The Hall–Kier alpha value is -12.4. The largest absolute Gasteiger partial charge is 0.490 e. The second kappa shape index (κ2) is 37.4. The molecule has 0 aliphatic heterocycles. The first kappa shape index (κ1) is 83.1. The summed E-state index contributed by atoms with van der Waals surface area (Å²) in [5.74, 6) is 0.983.